The Balaban J connectivity index is 2.23. The standard InChI is InChI=1S/C11H14ClN3O/c1-14-5-7-15(8-6-14)11-9(10(12)16)3-2-4-13-11/h2-4H,5-8H2,1H3. The average Bonchev–Trinajstić information content (AvgIpc) is 2.30. The first-order valence-corrected chi connectivity index (χ1v) is 5.64. The predicted octanol–water partition coefficient (Wildman–Crippen LogP) is 1.21. The molecule has 16 heavy (non-hydrogen) atoms. The second-order valence-electron chi connectivity index (χ2n) is 3.94. The molecule has 1 aliphatic rings. The average molecular weight is 240 g/mol. The molecule has 0 radical (unpaired) electrons. The first-order chi connectivity index (χ1) is 7.68. The third-order valence-electron chi connectivity index (χ3n) is 2.80. The minimum absolute atomic E-state index is 0.443. The number of piperazine rings is 1. The molecule has 1 fully saturated rings. The Kier molecular flexibility index (Phi) is 3.41. The fourth-order valence-corrected chi connectivity index (χ4v) is 1.97. The Hall–Kier alpha value is -1.13. The van der Waals surface area contributed by atoms with Crippen LogP contribution in [0.15, 0.2) is 18.3 Å². The van der Waals surface area contributed by atoms with E-state index in [2.05, 4.69) is 21.8 Å². The molecule has 0 N–H and O–H groups in total. The number of aromatic nitrogens is 1. The molecular formula is C11H14ClN3O. The highest BCUT2D eigenvalue weighted by atomic mass is 35.5. The van der Waals surface area contributed by atoms with Gasteiger partial charge in [0.05, 0.1) is 5.56 Å². The molecule has 2 heterocycles. The van der Waals surface area contributed by atoms with Crippen molar-refractivity contribution in [3.63, 3.8) is 0 Å². The summed E-state index contributed by atoms with van der Waals surface area (Å²) < 4.78 is 0. The van der Waals surface area contributed by atoms with Crippen LogP contribution in [-0.4, -0.2) is 48.4 Å². The number of carbonyl (C=O) groups is 1. The lowest BCUT2D eigenvalue weighted by atomic mass is 10.2. The monoisotopic (exact) mass is 239 g/mol. The van der Waals surface area contributed by atoms with Crippen LogP contribution in [0.25, 0.3) is 0 Å². The SMILES string of the molecule is CN1CCN(c2ncccc2C(=O)Cl)CC1. The zero-order valence-electron chi connectivity index (χ0n) is 9.19. The number of halogens is 1. The van der Waals surface area contributed by atoms with Gasteiger partial charge in [-0.05, 0) is 30.8 Å². The van der Waals surface area contributed by atoms with Crippen molar-refractivity contribution in [3.05, 3.63) is 23.9 Å². The van der Waals surface area contributed by atoms with Crippen LogP contribution in [0.2, 0.25) is 0 Å². The van der Waals surface area contributed by atoms with Gasteiger partial charge in [-0.25, -0.2) is 4.98 Å². The summed E-state index contributed by atoms with van der Waals surface area (Å²) in [7, 11) is 2.09. The number of hydrogen-bond donors (Lipinski definition) is 0. The molecule has 1 aliphatic heterocycles. The Morgan fingerprint density at radius 2 is 2.06 bits per heavy atom. The number of likely N-dealkylation sites (N-methyl/N-ethyl adjacent to an activating group) is 1. The normalized spacial score (nSPS) is 17.5. The maximum Gasteiger partial charge on any atom is 0.256 e. The van der Waals surface area contributed by atoms with E-state index in [1.807, 2.05) is 0 Å². The molecule has 0 atom stereocenters. The molecule has 1 aromatic heterocycles. The number of nitrogens with zero attached hydrogens (tertiary/aromatic N) is 3. The van der Waals surface area contributed by atoms with Crippen LogP contribution in [0.4, 0.5) is 5.82 Å². The van der Waals surface area contributed by atoms with Gasteiger partial charge in [-0.15, -0.1) is 0 Å². The van der Waals surface area contributed by atoms with E-state index < -0.39 is 5.24 Å². The zero-order chi connectivity index (χ0) is 11.5. The summed E-state index contributed by atoms with van der Waals surface area (Å²) in [5.74, 6) is 0.704. The van der Waals surface area contributed by atoms with Gasteiger partial charge in [0.2, 0.25) is 0 Å². The third kappa shape index (κ3) is 2.33. The molecule has 0 unspecified atom stereocenters. The van der Waals surface area contributed by atoms with Crippen molar-refractivity contribution in [2.45, 2.75) is 0 Å². The highest BCUT2D eigenvalue weighted by molar-refractivity contribution is 6.68. The summed E-state index contributed by atoms with van der Waals surface area (Å²) >= 11 is 5.54. The van der Waals surface area contributed by atoms with Crippen LogP contribution in [0.3, 0.4) is 0 Å². The maximum atomic E-state index is 11.3. The molecule has 0 bridgehead atoms. The van der Waals surface area contributed by atoms with Crippen LogP contribution in [-0.2, 0) is 0 Å². The fraction of sp³-hybridized carbons (Fsp3) is 0.455. The van der Waals surface area contributed by atoms with Gasteiger partial charge in [0, 0.05) is 32.4 Å². The van der Waals surface area contributed by atoms with Gasteiger partial charge in [0.25, 0.3) is 5.24 Å². The van der Waals surface area contributed by atoms with Crippen molar-refractivity contribution < 1.29 is 4.79 Å². The molecule has 4 nitrogen and oxygen atoms in total. The van der Waals surface area contributed by atoms with Gasteiger partial charge in [-0.3, -0.25) is 4.79 Å². The van der Waals surface area contributed by atoms with Crippen LogP contribution < -0.4 is 4.90 Å². The lowest BCUT2D eigenvalue weighted by molar-refractivity contribution is 0.108. The second-order valence-corrected chi connectivity index (χ2v) is 4.28. The van der Waals surface area contributed by atoms with E-state index in [-0.39, 0.29) is 0 Å². The quantitative estimate of drug-likeness (QED) is 0.727. The molecule has 1 saturated heterocycles. The van der Waals surface area contributed by atoms with Gasteiger partial charge in [0.1, 0.15) is 5.82 Å². The van der Waals surface area contributed by atoms with E-state index in [9.17, 15) is 4.79 Å². The van der Waals surface area contributed by atoms with Gasteiger partial charge >= 0.3 is 0 Å². The molecule has 0 aliphatic carbocycles. The molecule has 86 valence electrons. The third-order valence-corrected chi connectivity index (χ3v) is 3.00. The van der Waals surface area contributed by atoms with Gasteiger partial charge < -0.3 is 9.80 Å². The van der Waals surface area contributed by atoms with Gasteiger partial charge in [-0.1, -0.05) is 0 Å². The number of carbonyl (C=O) groups excluding carboxylic acids is 1. The molecule has 0 aromatic carbocycles. The summed E-state index contributed by atoms with van der Waals surface area (Å²) in [6.45, 7) is 3.72. The fourth-order valence-electron chi connectivity index (χ4n) is 1.82. The molecular weight excluding hydrogens is 226 g/mol. The van der Waals surface area contributed by atoms with E-state index in [0.717, 1.165) is 26.2 Å². The van der Waals surface area contributed by atoms with Crippen LogP contribution in [0.1, 0.15) is 10.4 Å². The first-order valence-electron chi connectivity index (χ1n) is 5.27. The van der Waals surface area contributed by atoms with Crippen LogP contribution in [0.5, 0.6) is 0 Å². The van der Waals surface area contributed by atoms with Crippen molar-refractivity contribution in [3.8, 4) is 0 Å². The molecule has 5 heteroatoms. The molecule has 0 amide bonds. The number of pyridine rings is 1. The minimum atomic E-state index is -0.443. The van der Waals surface area contributed by atoms with Crippen molar-refractivity contribution >= 4 is 22.7 Å². The Morgan fingerprint density at radius 1 is 1.38 bits per heavy atom. The first kappa shape index (κ1) is 11.4. The number of anilines is 1. The molecule has 0 saturated carbocycles. The van der Waals surface area contributed by atoms with Crippen molar-refractivity contribution in [2.24, 2.45) is 0 Å². The van der Waals surface area contributed by atoms with Gasteiger partial charge in [-0.2, -0.15) is 0 Å². The van der Waals surface area contributed by atoms with E-state index in [4.69, 9.17) is 11.6 Å². The Morgan fingerprint density at radius 3 is 2.69 bits per heavy atom. The zero-order valence-corrected chi connectivity index (χ0v) is 9.94. The Labute approximate surface area is 99.8 Å². The highest BCUT2D eigenvalue weighted by Gasteiger charge is 2.19. The second kappa shape index (κ2) is 4.80. The largest absolute Gasteiger partial charge is 0.353 e. The number of rotatable bonds is 2. The van der Waals surface area contributed by atoms with Crippen LogP contribution in [0, 0.1) is 0 Å². The molecule has 0 spiro atoms. The Bertz CT molecular complexity index is 389. The minimum Gasteiger partial charge on any atom is -0.353 e. The van der Waals surface area contributed by atoms with Crippen molar-refractivity contribution in [2.75, 3.05) is 38.1 Å². The van der Waals surface area contributed by atoms with Crippen LogP contribution >= 0.6 is 11.6 Å². The summed E-state index contributed by atoms with van der Waals surface area (Å²) in [5, 5.41) is -0.443. The summed E-state index contributed by atoms with van der Waals surface area (Å²) in [5.41, 5.74) is 0.494. The number of hydrogen-bond acceptors (Lipinski definition) is 4. The topological polar surface area (TPSA) is 36.4 Å². The van der Waals surface area contributed by atoms with Gasteiger partial charge in [0.15, 0.2) is 0 Å². The van der Waals surface area contributed by atoms with Crippen molar-refractivity contribution in [1.82, 2.24) is 9.88 Å². The van der Waals surface area contributed by atoms with E-state index >= 15 is 0 Å². The highest BCUT2D eigenvalue weighted by Crippen LogP contribution is 2.20. The summed E-state index contributed by atoms with van der Waals surface area (Å²) in [6, 6.07) is 3.45. The summed E-state index contributed by atoms with van der Waals surface area (Å²) in [6.07, 6.45) is 1.69. The van der Waals surface area contributed by atoms with E-state index in [0.29, 0.717) is 11.4 Å². The van der Waals surface area contributed by atoms with E-state index in [1.165, 1.54) is 0 Å². The molecule has 2 rings (SSSR count). The van der Waals surface area contributed by atoms with E-state index in [1.54, 1.807) is 18.3 Å². The smallest absolute Gasteiger partial charge is 0.256 e. The lowest BCUT2D eigenvalue weighted by Gasteiger charge is -2.33. The van der Waals surface area contributed by atoms with Crippen molar-refractivity contribution in [1.29, 1.82) is 0 Å². The maximum absolute atomic E-state index is 11.3. The molecule has 1 aromatic rings. The predicted molar refractivity (Wildman–Crippen MR) is 64.1 cm³/mol. The summed E-state index contributed by atoms with van der Waals surface area (Å²) in [4.78, 5) is 19.9. The lowest BCUT2D eigenvalue weighted by Crippen LogP contribution is -2.45.